The van der Waals surface area contributed by atoms with Gasteiger partial charge in [-0.2, -0.15) is 0 Å². The van der Waals surface area contributed by atoms with Crippen LogP contribution >= 0.6 is 0 Å². The number of benzene rings is 1. The highest BCUT2D eigenvalue weighted by Crippen LogP contribution is 2.18. The van der Waals surface area contributed by atoms with Gasteiger partial charge in [-0.05, 0) is 25.1 Å². The van der Waals surface area contributed by atoms with Crippen molar-refractivity contribution in [2.75, 3.05) is 13.2 Å². The summed E-state index contributed by atoms with van der Waals surface area (Å²) in [5, 5.41) is 10.7. The second-order valence-electron chi connectivity index (χ2n) is 7.04. The van der Waals surface area contributed by atoms with Crippen molar-refractivity contribution in [2.45, 2.75) is 13.5 Å². The van der Waals surface area contributed by atoms with E-state index in [0.717, 1.165) is 11.1 Å². The SMILES string of the molecule is Cc1ccc(-c2cc(=O)n(CC(=O)NCCOc3ccc(-c4ccco4)nn3)cn2)cc1. The molecule has 32 heavy (non-hydrogen) atoms. The first kappa shape index (κ1) is 21.0. The van der Waals surface area contributed by atoms with Crippen LogP contribution < -0.4 is 15.6 Å². The van der Waals surface area contributed by atoms with E-state index in [0.29, 0.717) is 23.0 Å². The fourth-order valence-electron chi connectivity index (χ4n) is 2.94. The third-order valence-corrected chi connectivity index (χ3v) is 4.63. The van der Waals surface area contributed by atoms with E-state index in [9.17, 15) is 9.59 Å². The zero-order chi connectivity index (χ0) is 22.3. The van der Waals surface area contributed by atoms with Crippen molar-refractivity contribution in [3.8, 4) is 28.6 Å². The van der Waals surface area contributed by atoms with E-state index in [2.05, 4.69) is 20.5 Å². The van der Waals surface area contributed by atoms with Crippen LogP contribution in [0.5, 0.6) is 5.88 Å². The molecule has 4 rings (SSSR count). The number of ether oxygens (including phenoxy) is 1. The highest BCUT2D eigenvalue weighted by molar-refractivity contribution is 5.75. The average molecular weight is 431 g/mol. The molecule has 0 saturated carbocycles. The van der Waals surface area contributed by atoms with Crippen molar-refractivity contribution < 1.29 is 13.9 Å². The van der Waals surface area contributed by atoms with Crippen molar-refractivity contribution in [1.29, 1.82) is 0 Å². The number of hydrogen-bond acceptors (Lipinski definition) is 7. The van der Waals surface area contributed by atoms with Gasteiger partial charge in [0.2, 0.25) is 11.8 Å². The monoisotopic (exact) mass is 431 g/mol. The number of nitrogens with one attached hydrogen (secondary N) is 1. The molecule has 0 bridgehead atoms. The van der Waals surface area contributed by atoms with Gasteiger partial charge in [-0.25, -0.2) is 4.98 Å². The van der Waals surface area contributed by atoms with E-state index < -0.39 is 0 Å². The summed E-state index contributed by atoms with van der Waals surface area (Å²) < 4.78 is 12.0. The van der Waals surface area contributed by atoms with Gasteiger partial charge in [-0.15, -0.1) is 10.2 Å². The minimum Gasteiger partial charge on any atom is -0.475 e. The van der Waals surface area contributed by atoms with Gasteiger partial charge in [-0.1, -0.05) is 29.8 Å². The molecule has 9 nitrogen and oxygen atoms in total. The van der Waals surface area contributed by atoms with Gasteiger partial charge in [0.25, 0.3) is 5.56 Å². The van der Waals surface area contributed by atoms with E-state index in [4.69, 9.17) is 9.15 Å². The maximum Gasteiger partial charge on any atom is 0.254 e. The summed E-state index contributed by atoms with van der Waals surface area (Å²) in [4.78, 5) is 28.8. The number of amides is 1. The summed E-state index contributed by atoms with van der Waals surface area (Å²) in [5.74, 6) is 0.634. The molecule has 162 valence electrons. The van der Waals surface area contributed by atoms with Gasteiger partial charge in [0.1, 0.15) is 18.8 Å². The second kappa shape index (κ2) is 9.69. The van der Waals surface area contributed by atoms with Crippen LogP contribution in [0.4, 0.5) is 0 Å². The smallest absolute Gasteiger partial charge is 0.254 e. The van der Waals surface area contributed by atoms with Crippen molar-refractivity contribution in [3.05, 3.63) is 83.1 Å². The number of rotatable bonds is 8. The van der Waals surface area contributed by atoms with Crippen LogP contribution in [-0.2, 0) is 11.3 Å². The molecule has 0 aliphatic carbocycles. The zero-order valence-electron chi connectivity index (χ0n) is 17.4. The summed E-state index contributed by atoms with van der Waals surface area (Å²) in [7, 11) is 0. The zero-order valence-corrected chi connectivity index (χ0v) is 17.4. The highest BCUT2D eigenvalue weighted by atomic mass is 16.5. The summed E-state index contributed by atoms with van der Waals surface area (Å²) >= 11 is 0. The predicted molar refractivity (Wildman–Crippen MR) is 117 cm³/mol. The summed E-state index contributed by atoms with van der Waals surface area (Å²) in [6.07, 6.45) is 2.94. The fraction of sp³-hybridized carbons (Fsp3) is 0.174. The molecule has 0 fully saturated rings. The van der Waals surface area contributed by atoms with Crippen LogP contribution in [0, 0.1) is 6.92 Å². The van der Waals surface area contributed by atoms with Crippen LogP contribution in [0.1, 0.15) is 5.56 Å². The Labute approximate surface area is 183 Å². The largest absolute Gasteiger partial charge is 0.475 e. The molecule has 0 radical (unpaired) electrons. The highest BCUT2D eigenvalue weighted by Gasteiger charge is 2.08. The van der Waals surface area contributed by atoms with Crippen LogP contribution in [0.2, 0.25) is 0 Å². The lowest BCUT2D eigenvalue weighted by Gasteiger charge is -2.09. The summed E-state index contributed by atoms with van der Waals surface area (Å²) in [6.45, 7) is 2.33. The molecule has 1 N–H and O–H groups in total. The standard InChI is InChI=1S/C23H21N5O4/c1-16-4-6-17(7-5-16)19-13-23(30)28(15-25-19)14-21(29)24-10-12-32-22-9-8-18(26-27-22)20-3-2-11-31-20/h2-9,11,13,15H,10,12,14H2,1H3,(H,24,29). The minimum atomic E-state index is -0.320. The first-order chi connectivity index (χ1) is 15.6. The molecule has 4 aromatic rings. The summed E-state index contributed by atoms with van der Waals surface area (Å²) in [5.41, 5.74) is 2.85. The van der Waals surface area contributed by atoms with E-state index in [-0.39, 0.29) is 31.2 Å². The predicted octanol–water partition coefficient (Wildman–Crippen LogP) is 2.46. The topological polar surface area (TPSA) is 112 Å². The molecule has 3 heterocycles. The number of aryl methyl sites for hydroxylation is 1. The quantitative estimate of drug-likeness (QED) is 0.427. The number of furan rings is 1. The lowest BCUT2D eigenvalue weighted by molar-refractivity contribution is -0.121. The molecule has 3 aromatic heterocycles. The van der Waals surface area contributed by atoms with Gasteiger partial charge in [0.05, 0.1) is 24.8 Å². The van der Waals surface area contributed by atoms with Gasteiger partial charge in [0, 0.05) is 17.7 Å². The Bertz CT molecular complexity index is 1230. The van der Waals surface area contributed by atoms with Crippen molar-refractivity contribution in [2.24, 2.45) is 0 Å². The molecular weight excluding hydrogens is 410 g/mol. The van der Waals surface area contributed by atoms with E-state index in [1.807, 2.05) is 31.2 Å². The first-order valence-electron chi connectivity index (χ1n) is 9.99. The Balaban J connectivity index is 1.24. The Morgan fingerprint density at radius 2 is 1.94 bits per heavy atom. The van der Waals surface area contributed by atoms with Gasteiger partial charge in [-0.3, -0.25) is 14.2 Å². The Hall–Kier alpha value is -4.27. The molecule has 0 aliphatic heterocycles. The molecule has 0 unspecified atom stereocenters. The van der Waals surface area contributed by atoms with Gasteiger partial charge < -0.3 is 14.5 Å². The normalized spacial score (nSPS) is 10.7. The molecule has 0 atom stereocenters. The molecule has 1 amide bonds. The Morgan fingerprint density at radius 1 is 1.09 bits per heavy atom. The molecule has 9 heteroatoms. The van der Waals surface area contributed by atoms with Crippen molar-refractivity contribution in [3.63, 3.8) is 0 Å². The van der Waals surface area contributed by atoms with E-state index >= 15 is 0 Å². The number of nitrogens with zero attached hydrogens (tertiary/aromatic N) is 4. The van der Waals surface area contributed by atoms with Gasteiger partial charge in [0.15, 0.2) is 5.76 Å². The van der Waals surface area contributed by atoms with Crippen LogP contribution in [0.15, 0.2) is 76.4 Å². The molecule has 0 saturated heterocycles. The number of carbonyl (C=O) groups excluding carboxylic acids is 1. The van der Waals surface area contributed by atoms with Crippen molar-refractivity contribution >= 4 is 5.91 Å². The fourth-order valence-corrected chi connectivity index (χ4v) is 2.94. The lowest BCUT2D eigenvalue weighted by Crippen LogP contribution is -2.34. The van der Waals surface area contributed by atoms with Crippen molar-refractivity contribution in [1.82, 2.24) is 25.1 Å². The molecular formula is C23H21N5O4. The molecule has 0 aliphatic rings. The average Bonchev–Trinajstić information content (AvgIpc) is 3.34. The van der Waals surface area contributed by atoms with Crippen LogP contribution in [0.3, 0.4) is 0 Å². The molecule has 1 aromatic carbocycles. The van der Waals surface area contributed by atoms with Crippen LogP contribution in [0.25, 0.3) is 22.7 Å². The summed E-state index contributed by atoms with van der Waals surface area (Å²) in [6, 6.07) is 16.1. The third-order valence-electron chi connectivity index (χ3n) is 4.63. The first-order valence-corrected chi connectivity index (χ1v) is 9.99. The Morgan fingerprint density at radius 3 is 2.62 bits per heavy atom. The number of carbonyl (C=O) groups is 1. The van der Waals surface area contributed by atoms with E-state index in [1.54, 1.807) is 30.5 Å². The van der Waals surface area contributed by atoms with Crippen LogP contribution in [-0.4, -0.2) is 38.8 Å². The second-order valence-corrected chi connectivity index (χ2v) is 7.04. The number of aromatic nitrogens is 4. The third kappa shape index (κ3) is 5.25. The maximum atomic E-state index is 12.3. The minimum absolute atomic E-state index is 0.127. The lowest BCUT2D eigenvalue weighted by atomic mass is 10.1. The van der Waals surface area contributed by atoms with Gasteiger partial charge >= 0.3 is 0 Å². The van der Waals surface area contributed by atoms with E-state index in [1.165, 1.54) is 17.0 Å². The Kier molecular flexibility index (Phi) is 6.35. The molecule has 0 spiro atoms. The number of hydrogen-bond donors (Lipinski definition) is 1. The maximum absolute atomic E-state index is 12.3.